The van der Waals surface area contributed by atoms with Crippen LogP contribution in [-0.2, 0) is 0 Å². The molecule has 1 heteroatoms. The van der Waals surface area contributed by atoms with E-state index in [1.165, 1.54) is 32.1 Å². The normalized spacial score (nSPS) is 30.2. The third-order valence-corrected chi connectivity index (χ3v) is 3.98. The van der Waals surface area contributed by atoms with Crippen molar-refractivity contribution in [2.45, 2.75) is 72.3 Å². The summed E-state index contributed by atoms with van der Waals surface area (Å²) in [5, 5.41) is 9.97. The highest BCUT2D eigenvalue weighted by molar-refractivity contribution is 4.76. The molecule has 0 bridgehead atoms. The number of hydrogen-bond acceptors (Lipinski definition) is 1. The van der Waals surface area contributed by atoms with E-state index in [1.54, 1.807) is 0 Å². The van der Waals surface area contributed by atoms with Crippen molar-refractivity contribution in [3.05, 3.63) is 0 Å². The molecule has 1 unspecified atom stereocenters. The lowest BCUT2D eigenvalue weighted by Crippen LogP contribution is -2.27. The third-order valence-electron chi connectivity index (χ3n) is 3.98. The smallest absolute Gasteiger partial charge is 0.0588 e. The van der Waals surface area contributed by atoms with Crippen molar-refractivity contribution in [3.63, 3.8) is 0 Å². The first-order chi connectivity index (χ1) is 6.89. The standard InChI is InChI=1S/C14H28O/c1-11-5-7-12(8-6-11)9-10-13(15)14(2,3)4/h11-13,15H,5-10H2,1-4H3. The van der Waals surface area contributed by atoms with E-state index in [1.807, 2.05) is 0 Å². The molecule has 15 heavy (non-hydrogen) atoms. The molecule has 0 aromatic rings. The number of aliphatic hydroxyl groups excluding tert-OH is 1. The van der Waals surface area contributed by atoms with Gasteiger partial charge in [-0.25, -0.2) is 0 Å². The van der Waals surface area contributed by atoms with E-state index in [9.17, 15) is 5.11 Å². The second kappa shape index (κ2) is 5.34. The number of aliphatic hydroxyl groups is 1. The van der Waals surface area contributed by atoms with Crippen molar-refractivity contribution in [1.82, 2.24) is 0 Å². The summed E-state index contributed by atoms with van der Waals surface area (Å²) in [5.41, 5.74) is 0.0575. The first kappa shape index (κ1) is 13.0. The Morgan fingerprint density at radius 3 is 2.13 bits per heavy atom. The van der Waals surface area contributed by atoms with E-state index < -0.39 is 0 Å². The van der Waals surface area contributed by atoms with Gasteiger partial charge in [-0.05, 0) is 30.1 Å². The average molecular weight is 212 g/mol. The van der Waals surface area contributed by atoms with Crippen LogP contribution in [-0.4, -0.2) is 11.2 Å². The zero-order chi connectivity index (χ0) is 11.5. The maximum atomic E-state index is 9.97. The van der Waals surface area contributed by atoms with E-state index in [0.717, 1.165) is 18.3 Å². The van der Waals surface area contributed by atoms with Crippen molar-refractivity contribution in [1.29, 1.82) is 0 Å². The van der Waals surface area contributed by atoms with E-state index in [0.29, 0.717) is 0 Å². The van der Waals surface area contributed by atoms with Crippen molar-refractivity contribution in [3.8, 4) is 0 Å². The second-order valence-electron chi connectivity index (χ2n) is 6.59. The van der Waals surface area contributed by atoms with Crippen LogP contribution in [0.4, 0.5) is 0 Å². The fourth-order valence-electron chi connectivity index (χ4n) is 2.44. The van der Waals surface area contributed by atoms with Crippen molar-refractivity contribution in [2.24, 2.45) is 17.3 Å². The van der Waals surface area contributed by atoms with Gasteiger partial charge in [0.15, 0.2) is 0 Å². The molecular formula is C14H28O. The van der Waals surface area contributed by atoms with Crippen LogP contribution in [0.3, 0.4) is 0 Å². The molecule has 0 aromatic heterocycles. The molecule has 1 rings (SSSR count). The van der Waals surface area contributed by atoms with Gasteiger partial charge in [-0.2, -0.15) is 0 Å². The third kappa shape index (κ3) is 4.55. The topological polar surface area (TPSA) is 20.2 Å². The van der Waals surface area contributed by atoms with E-state index >= 15 is 0 Å². The largest absolute Gasteiger partial charge is 0.393 e. The van der Waals surface area contributed by atoms with Gasteiger partial charge in [0.2, 0.25) is 0 Å². The number of rotatable bonds is 3. The van der Waals surface area contributed by atoms with Crippen LogP contribution in [0.5, 0.6) is 0 Å². The Bertz CT molecular complexity index is 172. The Labute approximate surface area is 95.3 Å². The fourth-order valence-corrected chi connectivity index (χ4v) is 2.44. The van der Waals surface area contributed by atoms with Gasteiger partial charge in [0.25, 0.3) is 0 Å². The molecule has 1 aliphatic rings. The first-order valence-corrected chi connectivity index (χ1v) is 6.57. The van der Waals surface area contributed by atoms with Crippen LogP contribution < -0.4 is 0 Å². The highest BCUT2D eigenvalue weighted by atomic mass is 16.3. The molecular weight excluding hydrogens is 184 g/mol. The molecule has 90 valence electrons. The summed E-state index contributed by atoms with van der Waals surface area (Å²) in [6.45, 7) is 8.74. The molecule has 1 atom stereocenters. The summed E-state index contributed by atoms with van der Waals surface area (Å²) in [4.78, 5) is 0. The molecule has 0 aliphatic heterocycles. The monoisotopic (exact) mass is 212 g/mol. The Kier molecular flexibility index (Phi) is 4.64. The summed E-state index contributed by atoms with van der Waals surface area (Å²) < 4.78 is 0. The van der Waals surface area contributed by atoms with Gasteiger partial charge in [0, 0.05) is 0 Å². The quantitative estimate of drug-likeness (QED) is 0.749. The molecule has 0 saturated heterocycles. The lowest BCUT2D eigenvalue weighted by Gasteiger charge is -2.30. The molecule has 1 aliphatic carbocycles. The molecule has 1 saturated carbocycles. The van der Waals surface area contributed by atoms with Gasteiger partial charge in [-0.3, -0.25) is 0 Å². The molecule has 1 fully saturated rings. The van der Waals surface area contributed by atoms with Gasteiger partial charge in [-0.15, -0.1) is 0 Å². The van der Waals surface area contributed by atoms with Crippen LogP contribution in [0.15, 0.2) is 0 Å². The minimum atomic E-state index is -0.128. The Hall–Kier alpha value is -0.0400. The Balaban J connectivity index is 2.20. The van der Waals surface area contributed by atoms with Crippen LogP contribution in [0, 0.1) is 17.3 Å². The predicted octanol–water partition coefficient (Wildman–Crippen LogP) is 4.00. The van der Waals surface area contributed by atoms with Crippen molar-refractivity contribution >= 4 is 0 Å². The lowest BCUT2D eigenvalue weighted by molar-refractivity contribution is 0.0475. The minimum Gasteiger partial charge on any atom is -0.393 e. The maximum Gasteiger partial charge on any atom is 0.0588 e. The first-order valence-electron chi connectivity index (χ1n) is 6.57. The Morgan fingerprint density at radius 1 is 1.13 bits per heavy atom. The summed E-state index contributed by atoms with van der Waals surface area (Å²) in [6.07, 6.45) is 7.66. The van der Waals surface area contributed by atoms with Gasteiger partial charge in [0.1, 0.15) is 0 Å². The summed E-state index contributed by atoms with van der Waals surface area (Å²) in [7, 11) is 0. The van der Waals surface area contributed by atoms with Gasteiger partial charge >= 0.3 is 0 Å². The SMILES string of the molecule is CC1CCC(CCC(O)C(C)(C)C)CC1. The predicted molar refractivity (Wildman–Crippen MR) is 65.8 cm³/mol. The van der Waals surface area contributed by atoms with Crippen LogP contribution in [0.1, 0.15) is 66.2 Å². The van der Waals surface area contributed by atoms with Crippen LogP contribution in [0.2, 0.25) is 0 Å². The summed E-state index contributed by atoms with van der Waals surface area (Å²) >= 11 is 0. The molecule has 0 amide bonds. The van der Waals surface area contributed by atoms with E-state index in [4.69, 9.17) is 0 Å². The maximum absolute atomic E-state index is 9.97. The van der Waals surface area contributed by atoms with Crippen LogP contribution in [0.25, 0.3) is 0 Å². The zero-order valence-electron chi connectivity index (χ0n) is 10.9. The highest BCUT2D eigenvalue weighted by Gasteiger charge is 2.24. The van der Waals surface area contributed by atoms with E-state index in [-0.39, 0.29) is 11.5 Å². The van der Waals surface area contributed by atoms with Crippen molar-refractivity contribution in [2.75, 3.05) is 0 Å². The molecule has 0 heterocycles. The highest BCUT2D eigenvalue weighted by Crippen LogP contribution is 2.33. The lowest BCUT2D eigenvalue weighted by atomic mass is 9.78. The molecule has 0 aromatic carbocycles. The fraction of sp³-hybridized carbons (Fsp3) is 1.00. The van der Waals surface area contributed by atoms with E-state index in [2.05, 4.69) is 27.7 Å². The van der Waals surface area contributed by atoms with Gasteiger partial charge in [-0.1, -0.05) is 53.4 Å². The number of hydrogen-bond donors (Lipinski definition) is 1. The summed E-state index contributed by atoms with van der Waals surface area (Å²) in [6, 6.07) is 0. The average Bonchev–Trinajstić information content (AvgIpc) is 2.15. The minimum absolute atomic E-state index is 0.0575. The zero-order valence-corrected chi connectivity index (χ0v) is 10.9. The van der Waals surface area contributed by atoms with Gasteiger partial charge in [0.05, 0.1) is 6.10 Å². The second-order valence-corrected chi connectivity index (χ2v) is 6.59. The van der Waals surface area contributed by atoms with Crippen molar-refractivity contribution < 1.29 is 5.11 Å². The molecule has 0 spiro atoms. The molecule has 0 radical (unpaired) electrons. The summed E-state index contributed by atoms with van der Waals surface area (Å²) in [5.74, 6) is 1.83. The van der Waals surface area contributed by atoms with Crippen LogP contribution >= 0.6 is 0 Å². The van der Waals surface area contributed by atoms with Gasteiger partial charge < -0.3 is 5.11 Å². The Morgan fingerprint density at radius 2 is 1.67 bits per heavy atom. The molecule has 1 N–H and O–H groups in total. The molecule has 1 nitrogen and oxygen atoms in total.